The molecule has 8 nitrogen and oxygen atoms in total. The van der Waals surface area contributed by atoms with Gasteiger partial charge in [0.25, 0.3) is 0 Å². The van der Waals surface area contributed by atoms with E-state index in [0.29, 0.717) is 17.9 Å². The van der Waals surface area contributed by atoms with Crippen LogP contribution in [0.2, 0.25) is 0 Å². The van der Waals surface area contributed by atoms with E-state index < -0.39 is 14.9 Å². The number of hydrogen-bond acceptors (Lipinski definition) is 8. The fourth-order valence-electron chi connectivity index (χ4n) is 1.88. The predicted octanol–water partition coefficient (Wildman–Crippen LogP) is 0.566. The molecule has 1 aliphatic heterocycles. The number of thiophene rings is 1. The minimum absolute atomic E-state index is 0.103. The first-order valence-corrected chi connectivity index (χ1v) is 9.69. The molecule has 21 heavy (non-hydrogen) atoms. The molecule has 0 atom stereocenters. The summed E-state index contributed by atoms with van der Waals surface area (Å²) in [5.74, 6) is 2.11. The van der Waals surface area contributed by atoms with Gasteiger partial charge < -0.3 is 10.6 Å². The summed E-state index contributed by atoms with van der Waals surface area (Å²) in [7, 11) is -3.74. The number of nitrogen functional groups attached to an aromatic ring is 1. The Morgan fingerprint density at radius 1 is 1.43 bits per heavy atom. The van der Waals surface area contributed by atoms with Crippen molar-refractivity contribution in [2.45, 2.75) is 4.21 Å². The van der Waals surface area contributed by atoms with E-state index in [1.165, 1.54) is 0 Å². The molecular formula is C10H16N4O4S3. The lowest BCUT2D eigenvalue weighted by molar-refractivity contribution is -0.383. The molecule has 0 aromatic carbocycles. The van der Waals surface area contributed by atoms with Crippen LogP contribution in [0.5, 0.6) is 0 Å². The third kappa shape index (κ3) is 4.30. The van der Waals surface area contributed by atoms with Crippen LogP contribution in [0.15, 0.2) is 10.3 Å². The largest absolute Gasteiger partial charge is 0.385 e. The van der Waals surface area contributed by atoms with Gasteiger partial charge in [0.1, 0.15) is 4.21 Å². The zero-order valence-electron chi connectivity index (χ0n) is 11.1. The number of rotatable bonds is 6. The van der Waals surface area contributed by atoms with Gasteiger partial charge >= 0.3 is 5.69 Å². The van der Waals surface area contributed by atoms with Crippen molar-refractivity contribution < 1.29 is 13.3 Å². The molecule has 0 bridgehead atoms. The zero-order chi connectivity index (χ0) is 15.5. The van der Waals surface area contributed by atoms with Gasteiger partial charge in [-0.25, -0.2) is 13.1 Å². The van der Waals surface area contributed by atoms with Gasteiger partial charge in [0.15, 0.2) is 5.00 Å². The molecule has 11 heteroatoms. The molecule has 1 saturated heterocycles. The van der Waals surface area contributed by atoms with Crippen LogP contribution in [0.1, 0.15) is 0 Å². The summed E-state index contributed by atoms with van der Waals surface area (Å²) >= 11 is 2.59. The first-order valence-electron chi connectivity index (χ1n) is 6.23. The van der Waals surface area contributed by atoms with Gasteiger partial charge in [0.2, 0.25) is 10.0 Å². The molecule has 0 saturated carbocycles. The fourth-order valence-corrected chi connectivity index (χ4v) is 5.14. The van der Waals surface area contributed by atoms with Crippen LogP contribution in [-0.2, 0) is 10.0 Å². The second-order valence-corrected chi connectivity index (χ2v) is 8.73. The van der Waals surface area contributed by atoms with E-state index in [-0.39, 0.29) is 21.4 Å². The molecule has 1 aliphatic rings. The molecule has 0 radical (unpaired) electrons. The first kappa shape index (κ1) is 16.5. The Bertz CT molecular complexity index is 610. The van der Waals surface area contributed by atoms with Crippen LogP contribution >= 0.6 is 23.1 Å². The molecular weight excluding hydrogens is 336 g/mol. The van der Waals surface area contributed by atoms with E-state index >= 15 is 0 Å². The molecule has 2 heterocycles. The van der Waals surface area contributed by atoms with Gasteiger partial charge in [-0.15, -0.1) is 0 Å². The minimum Gasteiger partial charge on any atom is -0.385 e. The van der Waals surface area contributed by atoms with Crippen molar-refractivity contribution in [3.63, 3.8) is 0 Å². The number of nitrogens with zero attached hydrogens (tertiary/aromatic N) is 2. The lowest BCUT2D eigenvalue weighted by Crippen LogP contribution is -2.39. The van der Waals surface area contributed by atoms with Crippen molar-refractivity contribution in [1.29, 1.82) is 0 Å². The summed E-state index contributed by atoms with van der Waals surface area (Å²) in [6.07, 6.45) is 0. The van der Waals surface area contributed by atoms with Gasteiger partial charge in [-0.1, -0.05) is 11.3 Å². The number of nitrogens with two attached hydrogens (primary N) is 1. The maximum atomic E-state index is 12.1. The lowest BCUT2D eigenvalue weighted by atomic mass is 10.5. The van der Waals surface area contributed by atoms with Gasteiger partial charge in [0, 0.05) is 43.8 Å². The molecule has 3 N–H and O–H groups in total. The van der Waals surface area contributed by atoms with E-state index in [1.807, 2.05) is 11.8 Å². The molecule has 1 aromatic rings. The number of sulfonamides is 1. The third-order valence-corrected chi connectivity index (χ3v) is 6.83. The summed E-state index contributed by atoms with van der Waals surface area (Å²) in [5.41, 5.74) is 5.09. The topological polar surface area (TPSA) is 119 Å². The maximum Gasteiger partial charge on any atom is 0.304 e. The SMILES string of the molecule is Nc1sc(S(=O)(=O)NCCN2CCSCC2)cc1[N+](=O)[O-]. The molecule has 1 aromatic heterocycles. The van der Waals surface area contributed by atoms with E-state index in [2.05, 4.69) is 9.62 Å². The van der Waals surface area contributed by atoms with Crippen molar-refractivity contribution in [2.24, 2.45) is 0 Å². The highest BCUT2D eigenvalue weighted by Gasteiger charge is 2.24. The van der Waals surface area contributed by atoms with Gasteiger partial charge in [-0.05, 0) is 0 Å². The van der Waals surface area contributed by atoms with Crippen molar-refractivity contribution in [3.8, 4) is 0 Å². The maximum absolute atomic E-state index is 12.1. The summed E-state index contributed by atoms with van der Waals surface area (Å²) in [6, 6.07) is 1.000. The third-order valence-electron chi connectivity index (χ3n) is 3.00. The standard InChI is InChI=1S/C10H16N4O4S3/c11-10-8(14(15)16)7-9(20-10)21(17,18)12-1-2-13-3-5-19-6-4-13/h7,12H,1-6,11H2. The molecule has 2 rings (SSSR count). The molecule has 0 unspecified atom stereocenters. The van der Waals surface area contributed by atoms with Crippen LogP contribution in [-0.4, -0.2) is 55.9 Å². The molecule has 0 aliphatic carbocycles. The average molecular weight is 352 g/mol. The van der Waals surface area contributed by atoms with Crippen LogP contribution in [0.25, 0.3) is 0 Å². The summed E-state index contributed by atoms with van der Waals surface area (Å²) in [4.78, 5) is 12.2. The fraction of sp³-hybridized carbons (Fsp3) is 0.600. The van der Waals surface area contributed by atoms with E-state index in [0.717, 1.165) is 30.7 Å². The highest BCUT2D eigenvalue weighted by atomic mass is 32.2. The van der Waals surface area contributed by atoms with E-state index in [1.54, 1.807) is 0 Å². The molecule has 0 spiro atoms. The quantitative estimate of drug-likeness (QED) is 0.567. The molecule has 1 fully saturated rings. The smallest absolute Gasteiger partial charge is 0.304 e. The van der Waals surface area contributed by atoms with Crippen LogP contribution in [0.4, 0.5) is 10.7 Å². The summed E-state index contributed by atoms with van der Waals surface area (Å²) in [5, 5.41) is 10.6. The highest BCUT2D eigenvalue weighted by Crippen LogP contribution is 2.34. The Morgan fingerprint density at radius 3 is 2.67 bits per heavy atom. The second-order valence-electron chi connectivity index (χ2n) is 4.42. The Balaban J connectivity index is 1.95. The first-order chi connectivity index (χ1) is 9.90. The Labute approximate surface area is 130 Å². The van der Waals surface area contributed by atoms with E-state index in [9.17, 15) is 18.5 Å². The monoisotopic (exact) mass is 352 g/mol. The van der Waals surface area contributed by atoms with Crippen LogP contribution in [0, 0.1) is 10.1 Å². The Morgan fingerprint density at radius 2 is 2.10 bits per heavy atom. The highest BCUT2D eigenvalue weighted by molar-refractivity contribution is 7.99. The summed E-state index contributed by atoms with van der Waals surface area (Å²) in [6.45, 7) is 2.80. The van der Waals surface area contributed by atoms with Gasteiger partial charge in [-0.3, -0.25) is 10.1 Å². The Kier molecular flexibility index (Phi) is 5.43. The average Bonchev–Trinajstić information content (AvgIpc) is 2.83. The number of nitrogens with one attached hydrogen (secondary N) is 1. The van der Waals surface area contributed by atoms with Gasteiger partial charge in [-0.2, -0.15) is 11.8 Å². The van der Waals surface area contributed by atoms with Crippen molar-refractivity contribution in [2.75, 3.05) is 43.4 Å². The molecule has 0 amide bonds. The number of nitro groups is 1. The van der Waals surface area contributed by atoms with E-state index in [4.69, 9.17) is 5.73 Å². The van der Waals surface area contributed by atoms with Crippen molar-refractivity contribution >= 4 is 43.8 Å². The lowest BCUT2D eigenvalue weighted by Gasteiger charge is -2.25. The predicted molar refractivity (Wildman–Crippen MR) is 84.3 cm³/mol. The number of thioether (sulfide) groups is 1. The van der Waals surface area contributed by atoms with Crippen LogP contribution < -0.4 is 10.5 Å². The van der Waals surface area contributed by atoms with Crippen molar-refractivity contribution in [1.82, 2.24) is 9.62 Å². The zero-order valence-corrected chi connectivity index (χ0v) is 13.6. The second kappa shape index (κ2) is 6.92. The van der Waals surface area contributed by atoms with Crippen LogP contribution in [0.3, 0.4) is 0 Å². The number of anilines is 1. The van der Waals surface area contributed by atoms with Crippen molar-refractivity contribution in [3.05, 3.63) is 16.2 Å². The minimum atomic E-state index is -3.74. The summed E-state index contributed by atoms with van der Waals surface area (Å²) < 4.78 is 26.5. The normalized spacial score (nSPS) is 17.0. The number of hydrogen-bond donors (Lipinski definition) is 2. The van der Waals surface area contributed by atoms with Gasteiger partial charge in [0.05, 0.1) is 4.92 Å². The molecule has 118 valence electrons. The Hall–Kier alpha value is -0.880.